The van der Waals surface area contributed by atoms with Crippen LogP contribution < -0.4 is 4.74 Å². The number of phenols is 1. The van der Waals surface area contributed by atoms with Crippen molar-refractivity contribution in [2.75, 3.05) is 13.2 Å². The monoisotopic (exact) mass is 441 g/mol. The normalized spacial score (nSPS) is 21.8. The van der Waals surface area contributed by atoms with E-state index in [1.807, 2.05) is 20.8 Å². The van der Waals surface area contributed by atoms with E-state index in [0.717, 1.165) is 24.1 Å². The van der Waals surface area contributed by atoms with Gasteiger partial charge in [-0.15, -0.1) is 10.1 Å². The number of ether oxygens (including phenoxy) is 2. The van der Waals surface area contributed by atoms with Crippen molar-refractivity contribution in [2.45, 2.75) is 57.5 Å². The van der Waals surface area contributed by atoms with Crippen LogP contribution in [0.25, 0.3) is 0 Å². The summed E-state index contributed by atoms with van der Waals surface area (Å²) in [4.78, 5) is 26.1. The van der Waals surface area contributed by atoms with Crippen LogP contribution in [0.5, 0.6) is 11.5 Å². The molecule has 0 saturated carbocycles. The highest BCUT2D eigenvalue weighted by Crippen LogP contribution is 2.55. The van der Waals surface area contributed by atoms with Gasteiger partial charge in [0.15, 0.2) is 0 Å². The van der Waals surface area contributed by atoms with E-state index in [0.29, 0.717) is 12.0 Å². The first-order valence-corrected chi connectivity index (χ1v) is 9.98. The molecule has 0 amide bonds. The van der Waals surface area contributed by atoms with Crippen LogP contribution in [-0.2, 0) is 20.3 Å². The van der Waals surface area contributed by atoms with E-state index in [-0.39, 0.29) is 36.4 Å². The van der Waals surface area contributed by atoms with E-state index in [4.69, 9.17) is 4.74 Å². The maximum absolute atomic E-state index is 14.7. The van der Waals surface area contributed by atoms with Crippen LogP contribution in [0.2, 0.25) is 0 Å². The molecule has 2 aliphatic rings. The summed E-state index contributed by atoms with van der Waals surface area (Å²) >= 11 is 0. The first-order valence-electron chi connectivity index (χ1n) is 9.98. The van der Waals surface area contributed by atoms with Crippen molar-refractivity contribution in [3.8, 4) is 11.5 Å². The fraction of sp³-hybridized carbons (Fsp3) is 0.571. The van der Waals surface area contributed by atoms with Crippen LogP contribution >= 0.6 is 0 Å². The van der Waals surface area contributed by atoms with Crippen molar-refractivity contribution < 1.29 is 38.1 Å². The van der Waals surface area contributed by atoms with Gasteiger partial charge >= 0.3 is 11.9 Å². The number of benzene rings is 1. The van der Waals surface area contributed by atoms with Crippen LogP contribution in [0, 0.1) is 16.0 Å². The van der Waals surface area contributed by atoms with Gasteiger partial charge in [-0.05, 0) is 45.7 Å². The summed E-state index contributed by atoms with van der Waals surface area (Å²) in [6, 6.07) is 1.96. The molecule has 8 nitrogen and oxygen atoms in total. The molecule has 31 heavy (non-hydrogen) atoms. The number of rotatable bonds is 7. The van der Waals surface area contributed by atoms with Crippen LogP contribution in [0.15, 0.2) is 23.8 Å². The van der Waals surface area contributed by atoms with Gasteiger partial charge in [-0.3, -0.25) is 0 Å². The molecule has 170 valence electrons. The molecule has 0 spiro atoms. The first kappa shape index (κ1) is 22.8. The lowest BCUT2D eigenvalue weighted by atomic mass is 9.67. The maximum Gasteiger partial charge on any atom is 0.381 e. The molecule has 0 aromatic heterocycles. The average molecular weight is 441 g/mol. The highest BCUT2D eigenvalue weighted by atomic mass is 19.3. The van der Waals surface area contributed by atoms with Crippen molar-refractivity contribution in [1.29, 1.82) is 0 Å². The zero-order valence-electron chi connectivity index (χ0n) is 17.5. The number of halogens is 2. The molecule has 2 unspecified atom stereocenters. The van der Waals surface area contributed by atoms with Crippen LogP contribution in [0.4, 0.5) is 8.78 Å². The number of allylic oxidation sites excluding steroid dienone is 2. The van der Waals surface area contributed by atoms with Gasteiger partial charge < -0.3 is 19.4 Å². The van der Waals surface area contributed by atoms with Gasteiger partial charge in [0, 0.05) is 29.4 Å². The third-order valence-corrected chi connectivity index (χ3v) is 5.84. The summed E-state index contributed by atoms with van der Waals surface area (Å²) in [7, 11) is 0. The van der Waals surface area contributed by atoms with Crippen molar-refractivity contribution >= 4 is 5.97 Å². The minimum absolute atomic E-state index is 0.0762. The van der Waals surface area contributed by atoms with E-state index < -0.39 is 34.7 Å². The largest absolute Gasteiger partial charge is 0.508 e. The van der Waals surface area contributed by atoms with Crippen LogP contribution in [-0.4, -0.2) is 35.0 Å². The van der Waals surface area contributed by atoms with Crippen molar-refractivity contribution in [1.82, 2.24) is 0 Å². The molecule has 10 heteroatoms. The van der Waals surface area contributed by atoms with Crippen LogP contribution in [0.3, 0.4) is 0 Å². The molecule has 0 saturated heterocycles. The number of nitrogens with zero attached hydrogens (tertiary/aromatic N) is 1. The summed E-state index contributed by atoms with van der Waals surface area (Å²) in [5.41, 5.74) is 0.241. The van der Waals surface area contributed by atoms with Gasteiger partial charge in [0.2, 0.25) is 0 Å². The average Bonchev–Trinajstić information content (AvgIpc) is 2.65. The second-order valence-electron chi connectivity index (χ2n) is 8.44. The third kappa shape index (κ3) is 4.57. The highest BCUT2D eigenvalue weighted by molar-refractivity contribution is 5.80. The first-order chi connectivity index (χ1) is 14.4. The molecular weight excluding hydrogens is 416 g/mol. The second-order valence-corrected chi connectivity index (χ2v) is 8.44. The molecule has 1 aliphatic carbocycles. The molecule has 1 N–H and O–H groups in total. The fourth-order valence-corrected chi connectivity index (χ4v) is 4.32. The second kappa shape index (κ2) is 8.32. The van der Waals surface area contributed by atoms with E-state index in [1.165, 1.54) is 0 Å². The molecule has 1 aliphatic heterocycles. The number of alkyl halides is 2. The molecule has 0 radical (unpaired) electrons. The maximum atomic E-state index is 14.7. The number of phenolic OH excluding ortho intramolecular Hbond substituents is 1. The Hall–Kier alpha value is -2.91. The SMILES string of the molecule is CC1=CCC2C(C1)c1c(O)cc(C(F)(F)C(=O)OCCCO[N+](=O)[O-])cc1OC2(C)C. The van der Waals surface area contributed by atoms with Gasteiger partial charge in [-0.1, -0.05) is 11.6 Å². The Balaban J connectivity index is 1.82. The predicted octanol–water partition coefficient (Wildman–Crippen LogP) is 4.24. The fourth-order valence-electron chi connectivity index (χ4n) is 4.32. The Morgan fingerprint density at radius 1 is 1.39 bits per heavy atom. The Kier molecular flexibility index (Phi) is 6.11. The summed E-state index contributed by atoms with van der Waals surface area (Å²) < 4.78 is 40.0. The molecule has 3 rings (SSSR count). The number of fused-ring (bicyclic) bond motifs is 3. The quantitative estimate of drug-likeness (QED) is 0.222. The van der Waals surface area contributed by atoms with Gasteiger partial charge in [0.25, 0.3) is 5.09 Å². The minimum atomic E-state index is -4.04. The Morgan fingerprint density at radius 3 is 2.77 bits per heavy atom. The lowest BCUT2D eigenvalue weighted by molar-refractivity contribution is -0.757. The van der Waals surface area contributed by atoms with E-state index in [1.54, 1.807) is 0 Å². The summed E-state index contributed by atoms with van der Waals surface area (Å²) in [5, 5.41) is 19.6. The summed E-state index contributed by atoms with van der Waals surface area (Å²) in [6.45, 7) is 4.89. The van der Waals surface area contributed by atoms with Gasteiger partial charge in [-0.25, -0.2) is 4.79 Å². The lowest BCUT2D eigenvalue weighted by Gasteiger charge is -2.47. The van der Waals surface area contributed by atoms with E-state index in [9.17, 15) is 28.8 Å². The number of hydrogen-bond donors (Lipinski definition) is 1. The number of aromatic hydroxyl groups is 1. The third-order valence-electron chi connectivity index (χ3n) is 5.84. The highest BCUT2D eigenvalue weighted by Gasteiger charge is 2.48. The standard InChI is InChI=1S/C21H25F2NO7/c1-12-5-6-15-14(9-12)18-16(25)10-13(11-17(18)31-20(15,2)3)21(22,23)19(26)29-7-4-8-30-24(27)28/h5,10-11,14-15,25H,4,6-9H2,1-3H3. The number of hydrogen-bond acceptors (Lipinski definition) is 7. The smallest absolute Gasteiger partial charge is 0.381 e. The van der Waals surface area contributed by atoms with E-state index in [2.05, 4.69) is 15.7 Å². The zero-order valence-corrected chi connectivity index (χ0v) is 17.5. The topological polar surface area (TPSA) is 108 Å². The Labute approximate surface area is 177 Å². The molecule has 1 aromatic carbocycles. The van der Waals surface area contributed by atoms with Crippen molar-refractivity contribution in [3.63, 3.8) is 0 Å². The Bertz CT molecular complexity index is 913. The number of esters is 1. The zero-order chi connectivity index (χ0) is 23.0. The van der Waals surface area contributed by atoms with Gasteiger partial charge in [-0.2, -0.15) is 8.78 Å². The molecule has 2 atom stereocenters. The number of carbonyl (C=O) groups excluding carboxylic acids is 1. The van der Waals surface area contributed by atoms with E-state index >= 15 is 0 Å². The predicted molar refractivity (Wildman–Crippen MR) is 104 cm³/mol. The minimum Gasteiger partial charge on any atom is -0.508 e. The number of carbonyl (C=O) groups is 1. The molecule has 1 aromatic rings. The Morgan fingerprint density at radius 2 is 2.10 bits per heavy atom. The van der Waals surface area contributed by atoms with Gasteiger partial charge in [0.1, 0.15) is 17.1 Å². The lowest BCUT2D eigenvalue weighted by Crippen LogP contribution is -2.45. The molecule has 0 bridgehead atoms. The van der Waals surface area contributed by atoms with Crippen molar-refractivity contribution in [2.24, 2.45) is 5.92 Å². The molecular formula is C21H25F2NO7. The summed E-state index contributed by atoms with van der Waals surface area (Å²) in [6.07, 6.45) is 3.45. The molecule has 0 fully saturated rings. The van der Waals surface area contributed by atoms with Crippen LogP contribution in [0.1, 0.15) is 57.1 Å². The van der Waals surface area contributed by atoms with Gasteiger partial charge in [0.05, 0.1) is 13.2 Å². The molecule has 1 heterocycles. The van der Waals surface area contributed by atoms with Crippen molar-refractivity contribution in [3.05, 3.63) is 45.0 Å². The summed E-state index contributed by atoms with van der Waals surface area (Å²) in [5.74, 6) is -6.09.